The van der Waals surface area contributed by atoms with Crippen LogP contribution in [0.15, 0.2) is 35.3 Å². The lowest BCUT2D eigenvalue weighted by molar-refractivity contribution is -0.122. The molecule has 1 amide bonds. The van der Waals surface area contributed by atoms with Crippen LogP contribution in [0.4, 0.5) is 5.95 Å². The molecule has 1 atom stereocenters. The zero-order chi connectivity index (χ0) is 23.5. The molecule has 8 nitrogen and oxygen atoms in total. The molecule has 0 radical (unpaired) electrons. The average Bonchev–Trinajstić information content (AvgIpc) is 2.81. The van der Waals surface area contributed by atoms with Crippen LogP contribution in [0.3, 0.4) is 0 Å². The van der Waals surface area contributed by atoms with E-state index in [1.807, 2.05) is 18.2 Å². The fourth-order valence-electron chi connectivity index (χ4n) is 4.16. The molecule has 9 heteroatoms. The predicted octanol–water partition coefficient (Wildman–Crippen LogP) is 2.93. The summed E-state index contributed by atoms with van der Waals surface area (Å²) in [5, 5.41) is 3.84. The first kappa shape index (κ1) is 23.0. The molecule has 1 aromatic carbocycles. The second-order valence-electron chi connectivity index (χ2n) is 8.56. The number of benzene rings is 1. The second-order valence-corrected chi connectivity index (χ2v) is 8.97. The third-order valence-corrected chi connectivity index (χ3v) is 6.32. The first-order valence-corrected chi connectivity index (χ1v) is 11.5. The van der Waals surface area contributed by atoms with Crippen molar-refractivity contribution in [2.45, 2.75) is 26.2 Å². The molecular formula is C24H28ClN5O3. The van der Waals surface area contributed by atoms with Crippen LogP contribution in [-0.4, -0.2) is 47.2 Å². The topological polar surface area (TPSA) is 89.3 Å². The molecule has 1 N–H and O–H groups in total. The third kappa shape index (κ3) is 5.11. The van der Waals surface area contributed by atoms with E-state index in [0.717, 1.165) is 41.7 Å². The number of piperidine rings is 1. The van der Waals surface area contributed by atoms with Gasteiger partial charge in [0.15, 0.2) is 12.4 Å². The molecule has 0 bridgehead atoms. The number of carbonyl (C=O) groups is 1. The molecule has 3 heterocycles. The quantitative estimate of drug-likeness (QED) is 0.597. The largest absolute Gasteiger partial charge is 0.478 e. The average molecular weight is 470 g/mol. The zero-order valence-corrected chi connectivity index (χ0v) is 19.9. The van der Waals surface area contributed by atoms with Crippen LogP contribution in [0.2, 0.25) is 5.02 Å². The second kappa shape index (κ2) is 9.79. The lowest BCUT2D eigenvalue weighted by atomic mass is 10.0. The van der Waals surface area contributed by atoms with Crippen molar-refractivity contribution < 1.29 is 9.53 Å². The zero-order valence-electron chi connectivity index (χ0n) is 19.1. The Kier molecular flexibility index (Phi) is 6.83. The molecule has 174 valence electrons. The van der Waals surface area contributed by atoms with Crippen molar-refractivity contribution >= 4 is 34.4 Å². The fraction of sp³-hybridized carbons (Fsp3) is 0.417. The summed E-state index contributed by atoms with van der Waals surface area (Å²) in [6.45, 7) is 3.93. The van der Waals surface area contributed by atoms with Crippen LogP contribution in [0, 0.1) is 5.92 Å². The predicted molar refractivity (Wildman–Crippen MR) is 129 cm³/mol. The number of hydrogen-bond acceptors (Lipinski definition) is 6. The Morgan fingerprint density at radius 2 is 2.15 bits per heavy atom. The smallest absolute Gasteiger partial charge is 0.293 e. The Labute approximate surface area is 197 Å². The van der Waals surface area contributed by atoms with Gasteiger partial charge in [-0.05, 0) is 42.5 Å². The molecule has 33 heavy (non-hydrogen) atoms. The molecule has 3 aromatic rings. The highest BCUT2D eigenvalue weighted by Gasteiger charge is 2.20. The third-order valence-electron chi connectivity index (χ3n) is 6.01. The number of halogens is 1. The fourth-order valence-corrected chi connectivity index (χ4v) is 4.32. The number of pyridine rings is 1. The summed E-state index contributed by atoms with van der Waals surface area (Å²) in [7, 11) is 3.20. The van der Waals surface area contributed by atoms with Crippen LogP contribution in [0.1, 0.15) is 31.0 Å². The van der Waals surface area contributed by atoms with E-state index in [-0.39, 0.29) is 23.8 Å². The van der Waals surface area contributed by atoms with E-state index in [2.05, 4.69) is 22.1 Å². The van der Waals surface area contributed by atoms with Gasteiger partial charge in [0.25, 0.3) is 11.5 Å². The van der Waals surface area contributed by atoms with E-state index >= 15 is 0 Å². The Hall–Kier alpha value is -3.13. The van der Waals surface area contributed by atoms with Gasteiger partial charge in [0.2, 0.25) is 5.95 Å². The number of aryl methyl sites for hydroxylation is 1. The molecule has 1 aliphatic heterocycles. The van der Waals surface area contributed by atoms with Gasteiger partial charge in [-0.3, -0.25) is 9.59 Å². The van der Waals surface area contributed by atoms with Gasteiger partial charge in [0.05, 0.1) is 22.4 Å². The molecule has 4 rings (SSSR count). The van der Waals surface area contributed by atoms with Crippen molar-refractivity contribution in [2.24, 2.45) is 13.0 Å². The van der Waals surface area contributed by atoms with Gasteiger partial charge >= 0.3 is 0 Å². The van der Waals surface area contributed by atoms with Gasteiger partial charge in [-0.25, -0.2) is 9.97 Å². The Balaban J connectivity index is 1.62. The number of likely N-dealkylation sites (N-methyl/N-ethyl adjacent to an activating group) is 1. The summed E-state index contributed by atoms with van der Waals surface area (Å²) in [4.78, 5) is 35.6. The monoisotopic (exact) mass is 469 g/mol. The van der Waals surface area contributed by atoms with Gasteiger partial charge in [-0.2, -0.15) is 0 Å². The maximum Gasteiger partial charge on any atom is 0.293 e. The van der Waals surface area contributed by atoms with Gasteiger partial charge in [0.1, 0.15) is 0 Å². The molecule has 0 saturated carbocycles. The molecule has 1 fully saturated rings. The van der Waals surface area contributed by atoms with E-state index in [4.69, 9.17) is 21.3 Å². The number of amides is 1. The van der Waals surface area contributed by atoms with Gasteiger partial charge in [0, 0.05) is 39.0 Å². The SMILES string of the molecule is CNC(=O)COc1cc2cc(Cc3nc(N4CCC[C@H](C)C4)ncc3Cl)ccc2n(C)c1=O. The van der Waals surface area contributed by atoms with Crippen LogP contribution in [-0.2, 0) is 18.3 Å². The lowest BCUT2D eigenvalue weighted by Gasteiger charge is -2.31. The number of hydrogen-bond donors (Lipinski definition) is 1. The normalized spacial score (nSPS) is 16.1. The standard InChI is InChI=1S/C24H28ClN5O3/c1-15-5-4-8-30(13-15)24-27-12-18(25)19(28-24)10-16-6-7-20-17(9-16)11-21(23(32)29(20)3)33-14-22(31)26-2/h6-7,9,11-12,15H,4-5,8,10,13-14H2,1-3H3,(H,26,31)/t15-/m0/s1. The number of nitrogens with one attached hydrogen (secondary N) is 1. The van der Waals surface area contributed by atoms with Gasteiger partial charge in [-0.15, -0.1) is 0 Å². The van der Waals surface area contributed by atoms with Gasteiger partial charge < -0.3 is 19.5 Å². The highest BCUT2D eigenvalue weighted by atomic mass is 35.5. The van der Waals surface area contributed by atoms with Crippen molar-refractivity contribution in [3.8, 4) is 5.75 Å². The van der Waals surface area contributed by atoms with Crippen LogP contribution >= 0.6 is 11.6 Å². The van der Waals surface area contributed by atoms with Crippen molar-refractivity contribution in [1.82, 2.24) is 19.9 Å². The highest BCUT2D eigenvalue weighted by molar-refractivity contribution is 6.31. The molecule has 1 aliphatic rings. The minimum Gasteiger partial charge on any atom is -0.478 e. The minimum absolute atomic E-state index is 0.132. The minimum atomic E-state index is -0.303. The number of rotatable bonds is 6. The van der Waals surface area contributed by atoms with Crippen LogP contribution in [0.25, 0.3) is 10.9 Å². The Morgan fingerprint density at radius 1 is 1.33 bits per heavy atom. The van der Waals surface area contributed by atoms with E-state index in [1.165, 1.54) is 18.0 Å². The van der Waals surface area contributed by atoms with Crippen molar-refractivity contribution in [3.63, 3.8) is 0 Å². The summed E-state index contributed by atoms with van der Waals surface area (Å²) < 4.78 is 6.97. The van der Waals surface area contributed by atoms with E-state index in [1.54, 1.807) is 19.3 Å². The summed E-state index contributed by atoms with van der Waals surface area (Å²) >= 11 is 6.44. The first-order valence-electron chi connectivity index (χ1n) is 11.1. The van der Waals surface area contributed by atoms with Gasteiger partial charge in [-0.1, -0.05) is 24.6 Å². The van der Waals surface area contributed by atoms with Crippen LogP contribution in [0.5, 0.6) is 5.75 Å². The summed E-state index contributed by atoms with van der Waals surface area (Å²) in [6.07, 6.45) is 4.57. The number of nitrogens with zero attached hydrogens (tertiary/aromatic N) is 4. The van der Waals surface area contributed by atoms with Crippen molar-refractivity contribution in [1.29, 1.82) is 0 Å². The maximum atomic E-state index is 12.6. The number of carbonyl (C=O) groups excluding carboxylic acids is 1. The van der Waals surface area contributed by atoms with E-state index in [9.17, 15) is 9.59 Å². The Morgan fingerprint density at radius 3 is 2.91 bits per heavy atom. The lowest BCUT2D eigenvalue weighted by Crippen LogP contribution is -2.35. The van der Waals surface area contributed by atoms with E-state index in [0.29, 0.717) is 23.3 Å². The molecule has 0 unspecified atom stereocenters. The molecule has 0 spiro atoms. The Bertz CT molecular complexity index is 1240. The molecule has 1 saturated heterocycles. The molecule has 2 aromatic heterocycles. The number of aromatic nitrogens is 3. The number of ether oxygens (including phenoxy) is 1. The molecule has 0 aliphatic carbocycles. The van der Waals surface area contributed by atoms with Crippen LogP contribution < -0.4 is 20.5 Å². The highest BCUT2D eigenvalue weighted by Crippen LogP contribution is 2.25. The summed E-state index contributed by atoms with van der Waals surface area (Å²) in [6, 6.07) is 7.53. The summed E-state index contributed by atoms with van der Waals surface area (Å²) in [5.74, 6) is 1.16. The summed E-state index contributed by atoms with van der Waals surface area (Å²) in [5.41, 5.74) is 2.24. The van der Waals surface area contributed by atoms with Crippen molar-refractivity contribution in [2.75, 3.05) is 31.6 Å². The molecular weight excluding hydrogens is 442 g/mol. The van der Waals surface area contributed by atoms with E-state index < -0.39 is 0 Å². The first-order chi connectivity index (χ1) is 15.9. The number of anilines is 1. The maximum absolute atomic E-state index is 12.6. The van der Waals surface area contributed by atoms with Crippen molar-refractivity contribution in [3.05, 3.63) is 57.1 Å². The number of fused-ring (bicyclic) bond motifs is 1.